The number of benzene rings is 1. The van der Waals surface area contributed by atoms with Crippen molar-refractivity contribution in [3.8, 4) is 11.4 Å². The summed E-state index contributed by atoms with van der Waals surface area (Å²) in [5, 5.41) is 4.08. The summed E-state index contributed by atoms with van der Waals surface area (Å²) in [6.07, 6.45) is 1.80. The van der Waals surface area contributed by atoms with E-state index in [9.17, 15) is 4.79 Å². The van der Waals surface area contributed by atoms with E-state index < -0.39 is 0 Å². The summed E-state index contributed by atoms with van der Waals surface area (Å²) in [7, 11) is 0. The smallest absolute Gasteiger partial charge is 0.320 e. The lowest BCUT2D eigenvalue weighted by atomic mass is 10.2. The topological polar surface area (TPSA) is 71.7 Å². The number of likely N-dealkylation sites (tertiary alicyclic amines) is 1. The first-order chi connectivity index (χ1) is 11.8. The zero-order chi connectivity index (χ0) is 16.4. The van der Waals surface area contributed by atoms with Crippen LogP contribution in [0.5, 0.6) is 0 Å². The molecule has 126 valence electrons. The molecule has 1 unspecified atom stereocenters. The van der Waals surface area contributed by atoms with Crippen LogP contribution in [0.3, 0.4) is 0 Å². The van der Waals surface area contributed by atoms with E-state index in [1.165, 1.54) is 0 Å². The van der Waals surface area contributed by atoms with E-state index >= 15 is 0 Å². The standard InChI is InChI=1S/C17H20N4O3/c22-17(20-9-11-23-12-10-20)21-8-4-7-14(21)16-18-15(19-24-16)13-5-2-1-3-6-13/h1-3,5-6,14H,4,7-12H2. The van der Waals surface area contributed by atoms with Crippen LogP contribution in [0.1, 0.15) is 24.8 Å². The Morgan fingerprint density at radius 1 is 1.12 bits per heavy atom. The number of morpholine rings is 1. The van der Waals surface area contributed by atoms with E-state index in [2.05, 4.69) is 10.1 Å². The Morgan fingerprint density at radius 3 is 2.71 bits per heavy atom. The normalized spacial score (nSPS) is 21.2. The van der Waals surface area contributed by atoms with Crippen molar-refractivity contribution >= 4 is 6.03 Å². The molecule has 1 aromatic heterocycles. The molecule has 7 nitrogen and oxygen atoms in total. The Morgan fingerprint density at radius 2 is 1.92 bits per heavy atom. The third-order valence-corrected chi connectivity index (χ3v) is 4.54. The molecule has 3 heterocycles. The van der Waals surface area contributed by atoms with Gasteiger partial charge >= 0.3 is 6.03 Å². The predicted molar refractivity (Wildman–Crippen MR) is 86.2 cm³/mol. The number of hydrogen-bond acceptors (Lipinski definition) is 5. The largest absolute Gasteiger partial charge is 0.378 e. The Labute approximate surface area is 140 Å². The van der Waals surface area contributed by atoms with Crippen LogP contribution in [0.2, 0.25) is 0 Å². The minimum Gasteiger partial charge on any atom is -0.378 e. The Balaban J connectivity index is 1.52. The van der Waals surface area contributed by atoms with Gasteiger partial charge in [-0.1, -0.05) is 35.5 Å². The van der Waals surface area contributed by atoms with Crippen molar-refractivity contribution in [3.63, 3.8) is 0 Å². The number of aromatic nitrogens is 2. The van der Waals surface area contributed by atoms with Crippen LogP contribution in [-0.4, -0.2) is 58.8 Å². The van der Waals surface area contributed by atoms with Gasteiger partial charge in [-0.05, 0) is 12.8 Å². The highest BCUT2D eigenvalue weighted by Gasteiger charge is 2.36. The third-order valence-electron chi connectivity index (χ3n) is 4.54. The van der Waals surface area contributed by atoms with Gasteiger partial charge in [0, 0.05) is 25.2 Å². The molecule has 1 aromatic carbocycles. The summed E-state index contributed by atoms with van der Waals surface area (Å²) in [5.74, 6) is 1.09. The summed E-state index contributed by atoms with van der Waals surface area (Å²) in [5.41, 5.74) is 0.913. The first-order valence-corrected chi connectivity index (χ1v) is 8.35. The molecule has 1 atom stereocenters. The minimum absolute atomic E-state index is 0.0419. The number of carbonyl (C=O) groups excluding carboxylic acids is 1. The van der Waals surface area contributed by atoms with Crippen molar-refractivity contribution in [2.45, 2.75) is 18.9 Å². The van der Waals surface area contributed by atoms with E-state index in [4.69, 9.17) is 9.26 Å². The van der Waals surface area contributed by atoms with Gasteiger partial charge in [0.05, 0.1) is 13.2 Å². The molecule has 2 aliphatic heterocycles. The molecule has 2 aromatic rings. The third kappa shape index (κ3) is 2.87. The van der Waals surface area contributed by atoms with Crippen molar-refractivity contribution in [2.75, 3.05) is 32.8 Å². The van der Waals surface area contributed by atoms with Crippen molar-refractivity contribution in [1.29, 1.82) is 0 Å². The van der Waals surface area contributed by atoms with Gasteiger partial charge in [-0.2, -0.15) is 4.98 Å². The molecular formula is C17H20N4O3. The number of hydrogen-bond donors (Lipinski definition) is 0. The molecular weight excluding hydrogens is 308 g/mol. The summed E-state index contributed by atoms with van der Waals surface area (Å²) in [6, 6.07) is 9.62. The number of nitrogens with zero attached hydrogens (tertiary/aromatic N) is 4. The first-order valence-electron chi connectivity index (χ1n) is 8.35. The molecule has 2 amide bonds. The van der Waals surface area contributed by atoms with Crippen molar-refractivity contribution in [2.24, 2.45) is 0 Å². The van der Waals surface area contributed by atoms with Gasteiger partial charge in [-0.25, -0.2) is 4.79 Å². The molecule has 4 rings (SSSR count). The lowest BCUT2D eigenvalue weighted by Gasteiger charge is -2.32. The second kappa shape index (κ2) is 6.60. The van der Waals surface area contributed by atoms with Gasteiger partial charge in [0.2, 0.25) is 11.7 Å². The summed E-state index contributed by atoms with van der Waals surface area (Å²) in [6.45, 7) is 3.21. The highest BCUT2D eigenvalue weighted by molar-refractivity contribution is 5.75. The number of urea groups is 1. The zero-order valence-corrected chi connectivity index (χ0v) is 13.4. The zero-order valence-electron chi connectivity index (χ0n) is 13.4. The van der Waals surface area contributed by atoms with E-state index in [-0.39, 0.29) is 12.1 Å². The lowest BCUT2D eigenvalue weighted by molar-refractivity contribution is 0.0410. The van der Waals surface area contributed by atoms with Gasteiger partial charge in [-0.3, -0.25) is 0 Å². The minimum atomic E-state index is -0.134. The quantitative estimate of drug-likeness (QED) is 0.846. The summed E-state index contributed by atoms with van der Waals surface area (Å²) >= 11 is 0. The van der Waals surface area contributed by atoms with E-state index in [0.717, 1.165) is 24.9 Å². The van der Waals surface area contributed by atoms with Gasteiger partial charge in [-0.15, -0.1) is 0 Å². The molecule has 24 heavy (non-hydrogen) atoms. The second-order valence-electron chi connectivity index (χ2n) is 6.06. The van der Waals surface area contributed by atoms with Crippen molar-refractivity contribution in [1.82, 2.24) is 19.9 Å². The molecule has 2 fully saturated rings. The second-order valence-corrected chi connectivity index (χ2v) is 6.06. The average molecular weight is 328 g/mol. The van der Waals surface area contributed by atoms with Crippen LogP contribution in [0.25, 0.3) is 11.4 Å². The molecule has 0 bridgehead atoms. The fraction of sp³-hybridized carbons (Fsp3) is 0.471. The molecule has 0 N–H and O–H groups in total. The number of ether oxygens (including phenoxy) is 1. The number of rotatable bonds is 2. The van der Waals surface area contributed by atoms with Crippen LogP contribution >= 0.6 is 0 Å². The molecule has 0 aliphatic carbocycles. The molecule has 7 heteroatoms. The van der Waals surface area contributed by atoms with Crippen LogP contribution in [0.15, 0.2) is 34.9 Å². The summed E-state index contributed by atoms with van der Waals surface area (Å²) < 4.78 is 10.8. The fourth-order valence-corrected chi connectivity index (χ4v) is 3.26. The van der Waals surface area contributed by atoms with Crippen LogP contribution in [0, 0.1) is 0 Å². The highest BCUT2D eigenvalue weighted by atomic mass is 16.5. The Hall–Kier alpha value is -2.41. The first kappa shape index (κ1) is 15.1. The number of amides is 2. The molecule has 0 saturated carbocycles. The molecule has 0 radical (unpaired) electrons. The maximum Gasteiger partial charge on any atom is 0.320 e. The average Bonchev–Trinajstić information content (AvgIpc) is 3.32. The molecule has 2 saturated heterocycles. The maximum atomic E-state index is 12.8. The molecule has 2 aliphatic rings. The highest BCUT2D eigenvalue weighted by Crippen LogP contribution is 2.32. The van der Waals surface area contributed by atoms with Crippen molar-refractivity contribution < 1.29 is 14.1 Å². The summed E-state index contributed by atoms with van der Waals surface area (Å²) in [4.78, 5) is 21.0. The van der Waals surface area contributed by atoms with Crippen LogP contribution in [-0.2, 0) is 4.74 Å². The van der Waals surface area contributed by atoms with Crippen LogP contribution < -0.4 is 0 Å². The van der Waals surface area contributed by atoms with E-state index in [1.54, 1.807) is 0 Å². The fourth-order valence-electron chi connectivity index (χ4n) is 3.26. The monoisotopic (exact) mass is 328 g/mol. The van der Waals surface area contributed by atoms with Gasteiger partial charge in [0.15, 0.2) is 0 Å². The Bertz CT molecular complexity index is 697. The Kier molecular flexibility index (Phi) is 4.17. The van der Waals surface area contributed by atoms with Crippen molar-refractivity contribution in [3.05, 3.63) is 36.2 Å². The van der Waals surface area contributed by atoms with Gasteiger partial charge in [0.25, 0.3) is 0 Å². The van der Waals surface area contributed by atoms with E-state index in [1.807, 2.05) is 40.1 Å². The maximum absolute atomic E-state index is 12.8. The SMILES string of the molecule is O=C(N1CCOCC1)N1CCCC1c1nc(-c2ccccc2)no1. The molecule has 0 spiro atoms. The predicted octanol–water partition coefficient (Wildman–Crippen LogP) is 2.33. The van der Waals surface area contributed by atoms with E-state index in [0.29, 0.717) is 38.0 Å². The lowest BCUT2D eigenvalue weighted by Crippen LogP contribution is -2.47. The van der Waals surface area contributed by atoms with Gasteiger partial charge in [0.1, 0.15) is 6.04 Å². The van der Waals surface area contributed by atoms with Gasteiger partial charge < -0.3 is 19.1 Å². The number of carbonyl (C=O) groups is 1. The van der Waals surface area contributed by atoms with Crippen LogP contribution in [0.4, 0.5) is 4.79 Å².